The van der Waals surface area contributed by atoms with Crippen LogP contribution in [0.2, 0.25) is 0 Å². The topological polar surface area (TPSA) is 52.6 Å². The number of nitrogens with zero attached hydrogens (tertiary/aromatic N) is 5. The Hall–Kier alpha value is -1.73. The first-order valence-electron chi connectivity index (χ1n) is 13.1. The number of carbonyl (C=O) groups excluding carboxylic acids is 1. The predicted octanol–water partition coefficient (Wildman–Crippen LogP) is 4.50. The van der Waals surface area contributed by atoms with Crippen LogP contribution in [0.25, 0.3) is 10.2 Å². The number of carbonyl (C=O) groups is 1. The highest BCUT2D eigenvalue weighted by molar-refractivity contribution is 7.19. The van der Waals surface area contributed by atoms with Crippen molar-refractivity contribution in [1.29, 1.82) is 0 Å². The summed E-state index contributed by atoms with van der Waals surface area (Å²) in [5.74, 6) is 3.29. The summed E-state index contributed by atoms with van der Waals surface area (Å²) in [5.41, 5.74) is 1.48. The van der Waals surface area contributed by atoms with E-state index in [2.05, 4.69) is 35.5 Å². The van der Waals surface area contributed by atoms with Gasteiger partial charge in [0.15, 0.2) is 0 Å². The second kappa shape index (κ2) is 9.87. The molecule has 4 heterocycles. The monoisotopic (exact) mass is 469 g/mol. The van der Waals surface area contributed by atoms with Gasteiger partial charge in [-0.1, -0.05) is 40.0 Å². The van der Waals surface area contributed by atoms with Gasteiger partial charge < -0.3 is 9.80 Å². The van der Waals surface area contributed by atoms with Crippen LogP contribution in [0.15, 0.2) is 0 Å². The lowest BCUT2D eigenvalue weighted by atomic mass is 9.88. The summed E-state index contributed by atoms with van der Waals surface area (Å²) < 4.78 is 0. The predicted molar refractivity (Wildman–Crippen MR) is 136 cm³/mol. The first kappa shape index (κ1) is 23.0. The molecule has 1 saturated carbocycles. The van der Waals surface area contributed by atoms with Gasteiger partial charge in [-0.3, -0.25) is 9.69 Å². The molecule has 0 bridgehead atoms. The minimum absolute atomic E-state index is 0.263. The molecule has 0 aromatic carbocycles. The largest absolute Gasteiger partial charge is 0.352 e. The Labute approximate surface area is 202 Å². The van der Waals surface area contributed by atoms with E-state index in [0.717, 1.165) is 83.1 Å². The zero-order valence-corrected chi connectivity index (χ0v) is 21.4. The fraction of sp³-hybridized carbons (Fsp3) is 0.731. The first-order valence-corrected chi connectivity index (χ1v) is 13.9. The van der Waals surface area contributed by atoms with Gasteiger partial charge in [0.2, 0.25) is 5.91 Å². The van der Waals surface area contributed by atoms with Crippen molar-refractivity contribution < 1.29 is 4.79 Å². The maximum absolute atomic E-state index is 13.1. The molecule has 2 aromatic heterocycles. The number of likely N-dealkylation sites (N-methyl/N-ethyl adjacent to an activating group) is 1. The standard InChI is InChI=1S/C26H39N5OS/c1-4-29-11-10-20-21(17-29)33-25-23(20)24(27-22(28-25)16-18(2)3)30-12-14-31(15-13-30)26(32)19-8-6-5-7-9-19/h18-19H,4-17H2,1-3H3. The van der Waals surface area contributed by atoms with Crippen LogP contribution < -0.4 is 4.90 Å². The quantitative estimate of drug-likeness (QED) is 0.646. The molecule has 0 radical (unpaired) electrons. The molecule has 0 spiro atoms. The maximum atomic E-state index is 13.1. The highest BCUT2D eigenvalue weighted by Gasteiger charge is 2.31. The van der Waals surface area contributed by atoms with E-state index in [9.17, 15) is 4.79 Å². The number of aromatic nitrogens is 2. The number of hydrogen-bond donors (Lipinski definition) is 0. The summed E-state index contributed by atoms with van der Waals surface area (Å²) in [6.45, 7) is 13.4. The Morgan fingerprint density at radius 2 is 1.82 bits per heavy atom. The summed E-state index contributed by atoms with van der Waals surface area (Å²) in [7, 11) is 0. The van der Waals surface area contributed by atoms with E-state index >= 15 is 0 Å². The summed E-state index contributed by atoms with van der Waals surface area (Å²) in [4.78, 5) is 33.0. The minimum Gasteiger partial charge on any atom is -0.352 e. The molecule has 0 unspecified atom stereocenters. The normalized spacial score (nSPS) is 20.6. The van der Waals surface area contributed by atoms with E-state index in [-0.39, 0.29) is 5.92 Å². The van der Waals surface area contributed by atoms with Crippen LogP contribution in [-0.4, -0.2) is 64.9 Å². The Morgan fingerprint density at radius 1 is 1.06 bits per heavy atom. The molecule has 33 heavy (non-hydrogen) atoms. The van der Waals surface area contributed by atoms with Crippen molar-refractivity contribution in [2.24, 2.45) is 11.8 Å². The van der Waals surface area contributed by atoms with Gasteiger partial charge in [-0.25, -0.2) is 9.97 Å². The van der Waals surface area contributed by atoms with Crippen LogP contribution in [0.1, 0.15) is 69.1 Å². The van der Waals surface area contributed by atoms with Crippen LogP contribution in [0.4, 0.5) is 5.82 Å². The van der Waals surface area contributed by atoms with E-state index in [1.165, 1.54) is 39.9 Å². The molecule has 180 valence electrons. The molecule has 7 heteroatoms. The molecule has 2 aliphatic heterocycles. The van der Waals surface area contributed by atoms with Crippen molar-refractivity contribution in [3.8, 4) is 0 Å². The van der Waals surface area contributed by atoms with Crippen molar-refractivity contribution in [2.45, 2.75) is 72.3 Å². The van der Waals surface area contributed by atoms with Gasteiger partial charge in [0, 0.05) is 56.5 Å². The highest BCUT2D eigenvalue weighted by Crippen LogP contribution is 2.39. The van der Waals surface area contributed by atoms with Gasteiger partial charge >= 0.3 is 0 Å². The lowest BCUT2D eigenvalue weighted by Gasteiger charge is -2.38. The summed E-state index contributed by atoms with van der Waals surface area (Å²) in [6.07, 6.45) is 7.88. The van der Waals surface area contributed by atoms with Crippen molar-refractivity contribution >= 4 is 33.3 Å². The molecule has 0 N–H and O–H groups in total. The molecule has 1 aliphatic carbocycles. The average Bonchev–Trinajstić information content (AvgIpc) is 3.20. The third kappa shape index (κ3) is 4.76. The minimum atomic E-state index is 0.263. The Kier molecular flexibility index (Phi) is 6.89. The SMILES string of the molecule is CCN1CCc2c(sc3nc(CC(C)C)nc(N4CCN(C(=O)C5CCCCC5)CC4)c23)C1. The molecule has 5 rings (SSSR count). The van der Waals surface area contributed by atoms with Gasteiger partial charge in [0.05, 0.1) is 5.39 Å². The van der Waals surface area contributed by atoms with E-state index in [0.29, 0.717) is 11.8 Å². The van der Waals surface area contributed by atoms with E-state index in [1.54, 1.807) is 0 Å². The van der Waals surface area contributed by atoms with E-state index < -0.39 is 0 Å². The van der Waals surface area contributed by atoms with Crippen molar-refractivity contribution in [3.05, 3.63) is 16.3 Å². The van der Waals surface area contributed by atoms with Crippen LogP contribution in [0.5, 0.6) is 0 Å². The molecule has 2 aromatic rings. The molecule has 1 amide bonds. The molecule has 1 saturated heterocycles. The zero-order valence-electron chi connectivity index (χ0n) is 20.6. The fourth-order valence-electron chi connectivity index (χ4n) is 5.77. The van der Waals surface area contributed by atoms with Gasteiger partial charge in [-0.15, -0.1) is 11.3 Å². The van der Waals surface area contributed by atoms with Crippen LogP contribution in [0, 0.1) is 11.8 Å². The van der Waals surface area contributed by atoms with Gasteiger partial charge in [-0.05, 0) is 37.3 Å². The highest BCUT2D eigenvalue weighted by atomic mass is 32.1. The molecular weight excluding hydrogens is 430 g/mol. The van der Waals surface area contributed by atoms with Crippen molar-refractivity contribution in [1.82, 2.24) is 19.8 Å². The molecule has 0 atom stereocenters. The van der Waals surface area contributed by atoms with E-state index in [4.69, 9.17) is 9.97 Å². The zero-order chi connectivity index (χ0) is 22.9. The second-order valence-corrected chi connectivity index (χ2v) is 11.6. The van der Waals surface area contributed by atoms with Crippen LogP contribution in [0.3, 0.4) is 0 Å². The summed E-state index contributed by atoms with van der Waals surface area (Å²) in [5, 5.41) is 1.30. The summed E-state index contributed by atoms with van der Waals surface area (Å²) in [6, 6.07) is 0. The molecule has 6 nitrogen and oxygen atoms in total. The number of amides is 1. The smallest absolute Gasteiger partial charge is 0.225 e. The number of thiophene rings is 1. The molecule has 3 aliphatic rings. The van der Waals surface area contributed by atoms with Crippen LogP contribution in [-0.2, 0) is 24.2 Å². The third-order valence-corrected chi connectivity index (χ3v) is 8.80. The number of anilines is 1. The maximum Gasteiger partial charge on any atom is 0.225 e. The Balaban J connectivity index is 1.41. The number of piperazine rings is 1. The van der Waals surface area contributed by atoms with E-state index in [1.807, 2.05) is 11.3 Å². The van der Waals surface area contributed by atoms with Crippen molar-refractivity contribution in [3.63, 3.8) is 0 Å². The van der Waals surface area contributed by atoms with Gasteiger partial charge in [0.1, 0.15) is 16.5 Å². The first-order chi connectivity index (χ1) is 16.0. The molecule has 2 fully saturated rings. The second-order valence-electron chi connectivity index (χ2n) is 10.5. The lowest BCUT2D eigenvalue weighted by molar-refractivity contribution is -0.136. The fourth-order valence-corrected chi connectivity index (χ4v) is 7.05. The number of hydrogen-bond acceptors (Lipinski definition) is 6. The lowest BCUT2D eigenvalue weighted by Crippen LogP contribution is -2.51. The van der Waals surface area contributed by atoms with Gasteiger partial charge in [-0.2, -0.15) is 0 Å². The number of fused-ring (bicyclic) bond motifs is 3. The van der Waals surface area contributed by atoms with Gasteiger partial charge in [0.25, 0.3) is 0 Å². The summed E-state index contributed by atoms with van der Waals surface area (Å²) >= 11 is 1.88. The number of rotatable bonds is 5. The Bertz CT molecular complexity index is 988. The molecular formula is C26H39N5OS. The van der Waals surface area contributed by atoms with Crippen molar-refractivity contribution in [2.75, 3.05) is 44.2 Å². The average molecular weight is 470 g/mol. The third-order valence-electron chi connectivity index (χ3n) is 7.69. The van der Waals surface area contributed by atoms with Crippen LogP contribution >= 0.6 is 11.3 Å². The Morgan fingerprint density at radius 3 is 2.52 bits per heavy atom.